The van der Waals surface area contributed by atoms with Gasteiger partial charge in [-0.15, -0.1) is 0 Å². The second kappa shape index (κ2) is 4.11. The molecule has 1 aromatic rings. The number of benzene rings is 1. The Labute approximate surface area is 110 Å². The van der Waals surface area contributed by atoms with Crippen LogP contribution in [0.3, 0.4) is 0 Å². The van der Waals surface area contributed by atoms with Gasteiger partial charge in [0.1, 0.15) is 0 Å². The highest BCUT2D eigenvalue weighted by molar-refractivity contribution is 5.94. The van der Waals surface area contributed by atoms with Gasteiger partial charge in [-0.25, -0.2) is 0 Å². The molecule has 0 aliphatic heterocycles. The molecule has 1 N–H and O–H groups in total. The number of carbonyl (C=O) groups excluding carboxylic acids is 1. The number of hydrogen-bond donors (Lipinski definition) is 1. The Bertz CT molecular complexity index is 442. The van der Waals surface area contributed by atoms with E-state index in [-0.39, 0.29) is 22.8 Å². The molecule has 0 unspecified atom stereocenters. The summed E-state index contributed by atoms with van der Waals surface area (Å²) < 4.78 is 0. The fourth-order valence-corrected chi connectivity index (χ4v) is 3.62. The smallest absolute Gasteiger partial charge is 0.251 e. The highest BCUT2D eigenvalue weighted by Crippen LogP contribution is 2.53. The van der Waals surface area contributed by atoms with Crippen molar-refractivity contribution in [2.24, 2.45) is 10.8 Å². The molecule has 1 saturated carbocycles. The van der Waals surface area contributed by atoms with Crippen LogP contribution in [0, 0.1) is 17.8 Å². The van der Waals surface area contributed by atoms with Crippen LogP contribution in [0.2, 0.25) is 0 Å². The molecule has 1 amide bonds. The Kier molecular flexibility index (Phi) is 3.00. The Balaban J connectivity index is 2.10. The first kappa shape index (κ1) is 13.1. The molecule has 0 bridgehead atoms. The maximum absolute atomic E-state index is 12.2. The summed E-state index contributed by atoms with van der Waals surface area (Å²) >= 11 is 0. The second-order valence-corrected chi connectivity index (χ2v) is 6.93. The van der Waals surface area contributed by atoms with E-state index in [0.717, 1.165) is 12.0 Å². The van der Waals surface area contributed by atoms with Gasteiger partial charge in [0.2, 0.25) is 0 Å². The number of rotatable bonds is 2. The molecular formula is C16H23NO. The zero-order valence-electron chi connectivity index (χ0n) is 12.0. The molecule has 0 aromatic heterocycles. The van der Waals surface area contributed by atoms with E-state index >= 15 is 0 Å². The average molecular weight is 245 g/mol. The first-order valence-electron chi connectivity index (χ1n) is 6.60. The lowest BCUT2D eigenvalue weighted by atomic mass is 9.52. The van der Waals surface area contributed by atoms with Gasteiger partial charge < -0.3 is 5.32 Å². The fourth-order valence-electron chi connectivity index (χ4n) is 3.62. The lowest BCUT2D eigenvalue weighted by Gasteiger charge is -2.57. The van der Waals surface area contributed by atoms with E-state index < -0.39 is 0 Å². The molecule has 1 aliphatic carbocycles. The van der Waals surface area contributed by atoms with Gasteiger partial charge >= 0.3 is 0 Å². The van der Waals surface area contributed by atoms with E-state index in [1.165, 1.54) is 5.56 Å². The van der Waals surface area contributed by atoms with Crippen molar-refractivity contribution in [2.45, 2.75) is 47.1 Å². The van der Waals surface area contributed by atoms with Crippen molar-refractivity contribution in [1.82, 2.24) is 5.32 Å². The van der Waals surface area contributed by atoms with Gasteiger partial charge in [0, 0.05) is 11.6 Å². The van der Waals surface area contributed by atoms with Gasteiger partial charge in [0.25, 0.3) is 5.91 Å². The van der Waals surface area contributed by atoms with Gasteiger partial charge in [-0.3, -0.25) is 4.79 Å². The Morgan fingerprint density at radius 1 is 1.11 bits per heavy atom. The van der Waals surface area contributed by atoms with Crippen LogP contribution in [0.15, 0.2) is 24.3 Å². The molecule has 98 valence electrons. The molecule has 18 heavy (non-hydrogen) atoms. The number of carbonyl (C=O) groups is 1. The average Bonchev–Trinajstić information content (AvgIpc) is 2.25. The van der Waals surface area contributed by atoms with E-state index in [9.17, 15) is 4.79 Å². The van der Waals surface area contributed by atoms with E-state index in [4.69, 9.17) is 0 Å². The number of aryl methyl sites for hydroxylation is 1. The number of hydrogen-bond acceptors (Lipinski definition) is 1. The van der Waals surface area contributed by atoms with Crippen LogP contribution in [0.4, 0.5) is 0 Å². The maximum Gasteiger partial charge on any atom is 0.251 e. The topological polar surface area (TPSA) is 29.1 Å². The van der Waals surface area contributed by atoms with Gasteiger partial charge in [-0.1, -0.05) is 45.4 Å². The standard InChI is InChI=1S/C16H23NO/c1-11-6-8-12(9-7-11)13(18)17-14-15(2,3)10-16(14,4)5/h6-9,14H,10H2,1-5H3,(H,17,18). The summed E-state index contributed by atoms with van der Waals surface area (Å²) in [7, 11) is 0. The third kappa shape index (κ3) is 2.29. The van der Waals surface area contributed by atoms with Crippen LogP contribution in [0.25, 0.3) is 0 Å². The summed E-state index contributed by atoms with van der Waals surface area (Å²) in [6.45, 7) is 10.9. The van der Waals surface area contributed by atoms with Crippen molar-refractivity contribution in [3.63, 3.8) is 0 Å². The van der Waals surface area contributed by atoms with Crippen molar-refractivity contribution in [2.75, 3.05) is 0 Å². The van der Waals surface area contributed by atoms with E-state index in [1.807, 2.05) is 31.2 Å². The summed E-state index contributed by atoms with van der Waals surface area (Å²) in [4.78, 5) is 12.2. The molecule has 2 rings (SSSR count). The molecule has 0 atom stereocenters. The Morgan fingerprint density at radius 3 is 2.06 bits per heavy atom. The number of amides is 1. The van der Waals surface area contributed by atoms with Crippen LogP contribution in [-0.2, 0) is 0 Å². The zero-order valence-corrected chi connectivity index (χ0v) is 12.0. The van der Waals surface area contributed by atoms with Gasteiger partial charge in [0.15, 0.2) is 0 Å². The van der Waals surface area contributed by atoms with Crippen LogP contribution in [-0.4, -0.2) is 11.9 Å². The molecule has 1 aliphatic rings. The van der Waals surface area contributed by atoms with Crippen molar-refractivity contribution >= 4 is 5.91 Å². The summed E-state index contributed by atoms with van der Waals surface area (Å²) in [5.41, 5.74) is 2.32. The normalized spacial score (nSPS) is 21.2. The van der Waals surface area contributed by atoms with E-state index in [2.05, 4.69) is 33.0 Å². The lowest BCUT2D eigenvalue weighted by molar-refractivity contribution is -0.0366. The Morgan fingerprint density at radius 2 is 1.61 bits per heavy atom. The molecule has 0 radical (unpaired) electrons. The molecule has 0 heterocycles. The highest BCUT2D eigenvalue weighted by atomic mass is 16.1. The third-order valence-electron chi connectivity index (χ3n) is 4.06. The molecule has 2 heteroatoms. The molecule has 0 spiro atoms. The monoisotopic (exact) mass is 245 g/mol. The predicted molar refractivity (Wildman–Crippen MR) is 74.6 cm³/mol. The lowest BCUT2D eigenvalue weighted by Crippen LogP contribution is -2.63. The molecule has 1 aromatic carbocycles. The quantitative estimate of drug-likeness (QED) is 0.848. The predicted octanol–water partition coefficient (Wildman–Crippen LogP) is 3.55. The first-order valence-corrected chi connectivity index (χ1v) is 6.60. The molecule has 1 fully saturated rings. The first-order chi connectivity index (χ1) is 8.22. The highest BCUT2D eigenvalue weighted by Gasteiger charge is 2.53. The summed E-state index contributed by atoms with van der Waals surface area (Å²) in [6, 6.07) is 7.99. The third-order valence-corrected chi connectivity index (χ3v) is 4.06. The zero-order chi connectivity index (χ0) is 13.6. The number of nitrogens with one attached hydrogen (secondary N) is 1. The van der Waals surface area contributed by atoms with Crippen molar-refractivity contribution in [3.8, 4) is 0 Å². The fraction of sp³-hybridized carbons (Fsp3) is 0.562. The van der Waals surface area contributed by atoms with Crippen molar-refractivity contribution < 1.29 is 4.79 Å². The van der Waals surface area contributed by atoms with Crippen LogP contribution >= 0.6 is 0 Å². The Hall–Kier alpha value is -1.31. The van der Waals surface area contributed by atoms with Gasteiger partial charge in [-0.2, -0.15) is 0 Å². The molecular weight excluding hydrogens is 222 g/mol. The van der Waals surface area contributed by atoms with Crippen molar-refractivity contribution in [1.29, 1.82) is 0 Å². The summed E-state index contributed by atoms with van der Waals surface area (Å²) in [5.74, 6) is 0.0425. The molecule has 2 nitrogen and oxygen atoms in total. The van der Waals surface area contributed by atoms with Crippen LogP contribution in [0.5, 0.6) is 0 Å². The van der Waals surface area contributed by atoms with Crippen molar-refractivity contribution in [3.05, 3.63) is 35.4 Å². The van der Waals surface area contributed by atoms with Crippen LogP contribution in [0.1, 0.15) is 50.0 Å². The maximum atomic E-state index is 12.2. The summed E-state index contributed by atoms with van der Waals surface area (Å²) in [5, 5.41) is 3.19. The minimum Gasteiger partial charge on any atom is -0.348 e. The van der Waals surface area contributed by atoms with E-state index in [1.54, 1.807) is 0 Å². The second-order valence-electron chi connectivity index (χ2n) is 6.93. The minimum atomic E-state index is 0.0425. The van der Waals surface area contributed by atoms with Crippen LogP contribution < -0.4 is 5.32 Å². The molecule has 0 saturated heterocycles. The van der Waals surface area contributed by atoms with E-state index in [0.29, 0.717) is 0 Å². The summed E-state index contributed by atoms with van der Waals surface area (Å²) in [6.07, 6.45) is 1.15. The van der Waals surface area contributed by atoms with Gasteiger partial charge in [0.05, 0.1) is 0 Å². The largest absolute Gasteiger partial charge is 0.348 e. The minimum absolute atomic E-state index is 0.0425. The SMILES string of the molecule is Cc1ccc(C(=O)NC2C(C)(C)CC2(C)C)cc1. The van der Waals surface area contributed by atoms with Gasteiger partial charge in [-0.05, 0) is 36.3 Å².